The minimum Gasteiger partial charge on any atom is -0.481 e. The topological polar surface area (TPSA) is 40.5 Å². The molecular weight excluding hydrogens is 214 g/mol. The van der Waals surface area contributed by atoms with Crippen molar-refractivity contribution in [2.45, 2.75) is 19.9 Å². The lowest BCUT2D eigenvalue weighted by atomic mass is 9.94. The minimum atomic E-state index is -0.646. The quantitative estimate of drug-likeness (QED) is 0.867. The molecule has 1 fully saturated rings. The fraction of sp³-hybridized carbons (Fsp3) is 0.500. The molecule has 0 bridgehead atoms. The molecule has 0 spiro atoms. The van der Waals surface area contributed by atoms with E-state index in [1.54, 1.807) is 0 Å². The van der Waals surface area contributed by atoms with Crippen molar-refractivity contribution >= 4 is 5.97 Å². The van der Waals surface area contributed by atoms with E-state index < -0.39 is 5.97 Å². The highest BCUT2D eigenvalue weighted by Crippen LogP contribution is 2.27. The number of rotatable bonds is 4. The van der Waals surface area contributed by atoms with Crippen molar-refractivity contribution in [2.75, 3.05) is 13.1 Å². The summed E-state index contributed by atoms with van der Waals surface area (Å²) in [6.45, 7) is 4.53. The van der Waals surface area contributed by atoms with Crippen molar-refractivity contribution in [3.05, 3.63) is 35.9 Å². The van der Waals surface area contributed by atoms with E-state index in [9.17, 15) is 9.90 Å². The molecule has 1 aromatic rings. The zero-order valence-electron chi connectivity index (χ0n) is 10.2. The zero-order valence-corrected chi connectivity index (χ0v) is 10.2. The lowest BCUT2D eigenvalue weighted by Gasteiger charge is -2.15. The van der Waals surface area contributed by atoms with E-state index in [2.05, 4.69) is 24.0 Å². The van der Waals surface area contributed by atoms with E-state index in [-0.39, 0.29) is 5.92 Å². The van der Waals surface area contributed by atoms with Crippen LogP contribution in [-0.2, 0) is 11.3 Å². The van der Waals surface area contributed by atoms with Gasteiger partial charge in [0.15, 0.2) is 0 Å². The fourth-order valence-corrected chi connectivity index (χ4v) is 2.62. The van der Waals surface area contributed by atoms with Gasteiger partial charge in [-0.15, -0.1) is 0 Å². The Kier molecular flexibility index (Phi) is 3.79. The molecule has 1 aromatic carbocycles. The highest BCUT2D eigenvalue weighted by atomic mass is 16.4. The number of nitrogens with zero attached hydrogens (tertiary/aromatic N) is 1. The Morgan fingerprint density at radius 2 is 2.06 bits per heavy atom. The molecule has 1 saturated heterocycles. The first-order valence-electron chi connectivity index (χ1n) is 6.19. The number of hydrogen-bond acceptors (Lipinski definition) is 2. The molecule has 1 aliphatic rings. The first kappa shape index (κ1) is 12.1. The number of benzene rings is 1. The van der Waals surface area contributed by atoms with Crippen LogP contribution >= 0.6 is 0 Å². The van der Waals surface area contributed by atoms with E-state index in [0.717, 1.165) is 19.5 Å². The molecule has 0 aliphatic carbocycles. The Labute approximate surface area is 102 Å². The molecule has 2 unspecified atom stereocenters. The van der Waals surface area contributed by atoms with Gasteiger partial charge in [0.1, 0.15) is 0 Å². The van der Waals surface area contributed by atoms with Crippen LogP contribution in [0.2, 0.25) is 0 Å². The Morgan fingerprint density at radius 3 is 2.59 bits per heavy atom. The van der Waals surface area contributed by atoms with Crippen LogP contribution in [0.25, 0.3) is 0 Å². The van der Waals surface area contributed by atoms with Crippen LogP contribution in [0.5, 0.6) is 0 Å². The van der Waals surface area contributed by atoms with Crippen LogP contribution in [0.3, 0.4) is 0 Å². The number of carboxylic acid groups (broad SMARTS) is 1. The third-order valence-corrected chi connectivity index (χ3v) is 3.61. The molecule has 0 aromatic heterocycles. The second-order valence-electron chi connectivity index (χ2n) is 4.79. The maximum atomic E-state index is 11.1. The summed E-state index contributed by atoms with van der Waals surface area (Å²) in [5.41, 5.74) is 1.26. The van der Waals surface area contributed by atoms with Crippen molar-refractivity contribution in [1.82, 2.24) is 4.90 Å². The first-order valence-corrected chi connectivity index (χ1v) is 6.19. The Morgan fingerprint density at radius 1 is 1.35 bits per heavy atom. The number of carboxylic acids is 1. The van der Waals surface area contributed by atoms with E-state index in [1.807, 2.05) is 18.2 Å². The summed E-state index contributed by atoms with van der Waals surface area (Å²) in [5, 5.41) is 9.17. The SMILES string of the molecule is CCC1CN(Cc2ccccc2)CC1C(=O)O. The molecule has 0 radical (unpaired) electrons. The van der Waals surface area contributed by atoms with Gasteiger partial charge in [0, 0.05) is 19.6 Å². The molecule has 17 heavy (non-hydrogen) atoms. The largest absolute Gasteiger partial charge is 0.481 e. The molecule has 3 heteroatoms. The third kappa shape index (κ3) is 2.86. The van der Waals surface area contributed by atoms with E-state index >= 15 is 0 Å². The lowest BCUT2D eigenvalue weighted by Crippen LogP contribution is -2.23. The average molecular weight is 233 g/mol. The Bertz CT molecular complexity index is 377. The van der Waals surface area contributed by atoms with Gasteiger partial charge in [0.05, 0.1) is 5.92 Å². The van der Waals surface area contributed by atoms with Crippen molar-refractivity contribution in [3.8, 4) is 0 Å². The van der Waals surface area contributed by atoms with Gasteiger partial charge >= 0.3 is 5.97 Å². The zero-order chi connectivity index (χ0) is 12.3. The van der Waals surface area contributed by atoms with Crippen molar-refractivity contribution in [1.29, 1.82) is 0 Å². The van der Waals surface area contributed by atoms with Crippen molar-refractivity contribution in [2.24, 2.45) is 11.8 Å². The molecule has 2 rings (SSSR count). The van der Waals surface area contributed by atoms with E-state index in [0.29, 0.717) is 12.5 Å². The van der Waals surface area contributed by atoms with E-state index in [1.165, 1.54) is 5.56 Å². The summed E-state index contributed by atoms with van der Waals surface area (Å²) in [7, 11) is 0. The predicted octanol–water partition coefficient (Wildman–Crippen LogP) is 2.23. The van der Waals surface area contributed by atoms with Gasteiger partial charge in [-0.05, 0) is 11.5 Å². The van der Waals surface area contributed by atoms with E-state index in [4.69, 9.17) is 0 Å². The number of aliphatic carboxylic acids is 1. The highest BCUT2D eigenvalue weighted by Gasteiger charge is 2.36. The summed E-state index contributed by atoms with van der Waals surface area (Å²) in [6.07, 6.45) is 0.947. The van der Waals surface area contributed by atoms with Crippen molar-refractivity contribution in [3.63, 3.8) is 0 Å². The smallest absolute Gasteiger partial charge is 0.308 e. The number of carbonyl (C=O) groups is 1. The summed E-state index contributed by atoms with van der Waals surface area (Å²) in [5.74, 6) is -0.535. The van der Waals surface area contributed by atoms with Gasteiger partial charge in [-0.3, -0.25) is 9.69 Å². The molecule has 0 saturated carbocycles. The molecule has 1 aliphatic heterocycles. The molecule has 1 heterocycles. The molecule has 3 nitrogen and oxygen atoms in total. The maximum absolute atomic E-state index is 11.1. The predicted molar refractivity (Wildman–Crippen MR) is 66.6 cm³/mol. The second-order valence-corrected chi connectivity index (χ2v) is 4.79. The molecule has 0 amide bonds. The first-order chi connectivity index (χ1) is 8.20. The van der Waals surface area contributed by atoms with Gasteiger partial charge in [0.2, 0.25) is 0 Å². The Hall–Kier alpha value is -1.35. The molecule has 2 atom stereocenters. The van der Waals surface area contributed by atoms with Crippen LogP contribution in [0.4, 0.5) is 0 Å². The molecule has 1 N–H and O–H groups in total. The van der Waals surface area contributed by atoms with Crippen LogP contribution in [-0.4, -0.2) is 29.1 Å². The van der Waals surface area contributed by atoms with Gasteiger partial charge in [-0.2, -0.15) is 0 Å². The summed E-state index contributed by atoms with van der Waals surface area (Å²) in [6, 6.07) is 10.2. The average Bonchev–Trinajstić information content (AvgIpc) is 2.73. The van der Waals surface area contributed by atoms with Crippen LogP contribution in [0.15, 0.2) is 30.3 Å². The third-order valence-electron chi connectivity index (χ3n) is 3.61. The van der Waals surface area contributed by atoms with Gasteiger partial charge < -0.3 is 5.11 Å². The second kappa shape index (κ2) is 5.32. The molecular formula is C14H19NO2. The fourth-order valence-electron chi connectivity index (χ4n) is 2.62. The summed E-state index contributed by atoms with van der Waals surface area (Å²) >= 11 is 0. The highest BCUT2D eigenvalue weighted by molar-refractivity contribution is 5.71. The minimum absolute atomic E-state index is 0.191. The lowest BCUT2D eigenvalue weighted by molar-refractivity contribution is -0.142. The van der Waals surface area contributed by atoms with Crippen molar-refractivity contribution < 1.29 is 9.90 Å². The maximum Gasteiger partial charge on any atom is 0.308 e. The van der Waals surface area contributed by atoms with Crippen LogP contribution in [0.1, 0.15) is 18.9 Å². The standard InChI is InChI=1S/C14H19NO2/c1-2-12-9-15(10-13(12)14(16)17)8-11-6-4-3-5-7-11/h3-7,12-13H,2,8-10H2,1H3,(H,16,17). The summed E-state index contributed by atoms with van der Waals surface area (Å²) < 4.78 is 0. The summed E-state index contributed by atoms with van der Waals surface area (Å²) in [4.78, 5) is 13.4. The van der Waals surface area contributed by atoms with Gasteiger partial charge in [0.25, 0.3) is 0 Å². The number of likely N-dealkylation sites (tertiary alicyclic amines) is 1. The number of hydrogen-bond donors (Lipinski definition) is 1. The van der Waals surface area contributed by atoms with Crippen LogP contribution in [0, 0.1) is 11.8 Å². The Balaban J connectivity index is 1.99. The van der Waals surface area contributed by atoms with Gasteiger partial charge in [-0.1, -0.05) is 43.7 Å². The van der Waals surface area contributed by atoms with Gasteiger partial charge in [-0.25, -0.2) is 0 Å². The monoisotopic (exact) mass is 233 g/mol. The molecule has 92 valence electrons. The van der Waals surface area contributed by atoms with Crippen LogP contribution < -0.4 is 0 Å². The normalized spacial score (nSPS) is 25.0.